The lowest BCUT2D eigenvalue weighted by molar-refractivity contribution is 0.520. The summed E-state index contributed by atoms with van der Waals surface area (Å²) >= 11 is 5.29. The standard InChI is InChI=1S/C13H19N3S/c17-13(16-15-11-3-1-2-4-11)14-12-8-9-5-6-10(12)7-9/h5-6,9-10,12H,1-4,7-8H2,(H2,14,16,17)/t9-,10-,12-/m0/s1. The van der Waals surface area contributed by atoms with Gasteiger partial charge in [0.2, 0.25) is 0 Å². The van der Waals surface area contributed by atoms with Crippen LogP contribution in [0.25, 0.3) is 0 Å². The van der Waals surface area contributed by atoms with Gasteiger partial charge in [-0.1, -0.05) is 12.2 Å². The molecule has 2 bridgehead atoms. The molecular weight excluding hydrogens is 230 g/mol. The first-order valence-corrected chi connectivity index (χ1v) is 7.02. The molecule has 0 radical (unpaired) electrons. The second-order valence-electron chi connectivity index (χ2n) is 5.36. The van der Waals surface area contributed by atoms with Crippen molar-refractivity contribution in [2.45, 2.75) is 44.6 Å². The van der Waals surface area contributed by atoms with Gasteiger partial charge in [-0.2, -0.15) is 5.10 Å². The number of thiocarbonyl (C=S) groups is 1. The van der Waals surface area contributed by atoms with Crippen LogP contribution in [0.5, 0.6) is 0 Å². The van der Waals surface area contributed by atoms with Gasteiger partial charge in [-0.15, -0.1) is 0 Å². The molecule has 3 nitrogen and oxygen atoms in total. The van der Waals surface area contributed by atoms with E-state index < -0.39 is 0 Å². The third-order valence-electron chi connectivity index (χ3n) is 4.09. The molecule has 0 aromatic rings. The molecular formula is C13H19N3S. The number of hydrazone groups is 1. The zero-order valence-corrected chi connectivity index (χ0v) is 10.8. The Labute approximate surface area is 108 Å². The zero-order valence-electron chi connectivity index (χ0n) is 9.98. The van der Waals surface area contributed by atoms with E-state index in [2.05, 4.69) is 28.0 Å². The number of allylic oxidation sites excluding steroid dienone is 1. The highest BCUT2D eigenvalue weighted by Gasteiger charge is 2.35. The van der Waals surface area contributed by atoms with E-state index in [-0.39, 0.29) is 0 Å². The number of nitrogens with one attached hydrogen (secondary N) is 2. The smallest absolute Gasteiger partial charge is 0.187 e. The molecule has 4 heteroatoms. The molecule has 0 unspecified atom stereocenters. The van der Waals surface area contributed by atoms with Crippen LogP contribution in [-0.2, 0) is 0 Å². The number of hydrogen-bond donors (Lipinski definition) is 2. The van der Waals surface area contributed by atoms with Crippen LogP contribution in [0.1, 0.15) is 38.5 Å². The Kier molecular flexibility index (Phi) is 3.14. The van der Waals surface area contributed by atoms with E-state index in [1.807, 2.05) is 0 Å². The van der Waals surface area contributed by atoms with Crippen molar-refractivity contribution in [2.24, 2.45) is 16.9 Å². The average Bonchev–Trinajstić information content (AvgIpc) is 3.03. The van der Waals surface area contributed by atoms with Crippen LogP contribution in [0.2, 0.25) is 0 Å². The topological polar surface area (TPSA) is 36.4 Å². The SMILES string of the molecule is S=C(NN=C1CCCC1)N[C@H]1C[C@H]2C=C[C@H]1C2. The molecule has 0 saturated heterocycles. The minimum atomic E-state index is 0.522. The molecule has 3 aliphatic rings. The van der Waals surface area contributed by atoms with E-state index in [9.17, 15) is 0 Å². The minimum absolute atomic E-state index is 0.522. The van der Waals surface area contributed by atoms with Gasteiger partial charge in [0, 0.05) is 11.8 Å². The lowest BCUT2D eigenvalue weighted by Gasteiger charge is -2.20. The Morgan fingerprint density at radius 1 is 1.24 bits per heavy atom. The van der Waals surface area contributed by atoms with E-state index in [1.54, 1.807) is 0 Å². The summed E-state index contributed by atoms with van der Waals surface area (Å²) in [5, 5.41) is 8.46. The van der Waals surface area contributed by atoms with Crippen LogP contribution in [0.15, 0.2) is 17.3 Å². The molecule has 3 atom stereocenters. The molecule has 2 fully saturated rings. The molecule has 3 aliphatic carbocycles. The molecule has 0 amide bonds. The number of rotatable bonds is 2. The Balaban J connectivity index is 1.47. The van der Waals surface area contributed by atoms with Gasteiger partial charge in [0.05, 0.1) is 0 Å². The molecule has 0 aromatic heterocycles. The van der Waals surface area contributed by atoms with Gasteiger partial charge >= 0.3 is 0 Å². The summed E-state index contributed by atoms with van der Waals surface area (Å²) in [7, 11) is 0. The van der Waals surface area contributed by atoms with Crippen LogP contribution < -0.4 is 10.7 Å². The first-order chi connectivity index (χ1) is 8.31. The largest absolute Gasteiger partial charge is 0.358 e. The molecule has 0 spiro atoms. The molecule has 2 saturated carbocycles. The summed E-state index contributed by atoms with van der Waals surface area (Å²) in [5.74, 6) is 1.46. The van der Waals surface area contributed by atoms with Crippen molar-refractivity contribution in [3.63, 3.8) is 0 Å². The van der Waals surface area contributed by atoms with Crippen LogP contribution >= 0.6 is 12.2 Å². The molecule has 0 aromatic carbocycles. The van der Waals surface area contributed by atoms with Crippen LogP contribution in [0.4, 0.5) is 0 Å². The summed E-state index contributed by atoms with van der Waals surface area (Å²) in [4.78, 5) is 0. The van der Waals surface area contributed by atoms with Crippen molar-refractivity contribution in [3.8, 4) is 0 Å². The van der Waals surface area contributed by atoms with E-state index >= 15 is 0 Å². The molecule has 92 valence electrons. The van der Waals surface area contributed by atoms with Crippen molar-refractivity contribution in [3.05, 3.63) is 12.2 Å². The van der Waals surface area contributed by atoms with Gasteiger partial charge in [0.25, 0.3) is 0 Å². The molecule has 0 aliphatic heterocycles. The fraction of sp³-hybridized carbons (Fsp3) is 0.692. The van der Waals surface area contributed by atoms with Gasteiger partial charge < -0.3 is 5.32 Å². The van der Waals surface area contributed by atoms with Gasteiger partial charge in [0.15, 0.2) is 5.11 Å². The summed E-state index contributed by atoms with van der Waals surface area (Å²) in [6.45, 7) is 0. The summed E-state index contributed by atoms with van der Waals surface area (Å²) in [5.41, 5.74) is 4.26. The van der Waals surface area contributed by atoms with Gasteiger partial charge in [-0.25, -0.2) is 0 Å². The number of fused-ring (bicyclic) bond motifs is 2. The first-order valence-electron chi connectivity index (χ1n) is 6.61. The van der Waals surface area contributed by atoms with Gasteiger partial charge in [0.1, 0.15) is 0 Å². The third-order valence-corrected chi connectivity index (χ3v) is 4.30. The van der Waals surface area contributed by atoms with Crippen molar-refractivity contribution in [2.75, 3.05) is 0 Å². The van der Waals surface area contributed by atoms with Crippen molar-refractivity contribution >= 4 is 23.0 Å². The Hall–Kier alpha value is -0.900. The quantitative estimate of drug-likeness (QED) is 0.448. The van der Waals surface area contributed by atoms with Crippen molar-refractivity contribution in [1.82, 2.24) is 10.7 Å². The predicted molar refractivity (Wildman–Crippen MR) is 73.9 cm³/mol. The lowest BCUT2D eigenvalue weighted by Crippen LogP contribution is -2.42. The highest BCUT2D eigenvalue weighted by molar-refractivity contribution is 7.80. The average molecular weight is 249 g/mol. The zero-order chi connectivity index (χ0) is 11.7. The Bertz CT molecular complexity index is 367. The normalized spacial score (nSPS) is 34.1. The maximum atomic E-state index is 5.29. The monoisotopic (exact) mass is 249 g/mol. The van der Waals surface area contributed by atoms with E-state index in [0.29, 0.717) is 17.1 Å². The Morgan fingerprint density at radius 2 is 2.06 bits per heavy atom. The maximum absolute atomic E-state index is 5.29. The maximum Gasteiger partial charge on any atom is 0.187 e. The summed E-state index contributed by atoms with van der Waals surface area (Å²) in [6.07, 6.45) is 12.0. The minimum Gasteiger partial charge on any atom is -0.358 e. The van der Waals surface area contributed by atoms with E-state index in [1.165, 1.54) is 31.4 Å². The third kappa shape index (κ3) is 2.51. The predicted octanol–water partition coefficient (Wildman–Crippen LogP) is 2.35. The first kappa shape index (κ1) is 11.2. The van der Waals surface area contributed by atoms with Crippen LogP contribution in [0, 0.1) is 11.8 Å². The lowest BCUT2D eigenvalue weighted by atomic mass is 10.0. The highest BCUT2D eigenvalue weighted by Crippen LogP contribution is 2.38. The van der Waals surface area contributed by atoms with E-state index in [0.717, 1.165) is 18.8 Å². The number of hydrogen-bond acceptors (Lipinski definition) is 2. The van der Waals surface area contributed by atoms with Crippen molar-refractivity contribution in [1.29, 1.82) is 0 Å². The van der Waals surface area contributed by atoms with Crippen LogP contribution in [-0.4, -0.2) is 16.9 Å². The van der Waals surface area contributed by atoms with Crippen molar-refractivity contribution < 1.29 is 0 Å². The summed E-state index contributed by atoms with van der Waals surface area (Å²) < 4.78 is 0. The fourth-order valence-corrected chi connectivity index (χ4v) is 3.37. The Morgan fingerprint density at radius 3 is 2.71 bits per heavy atom. The van der Waals surface area contributed by atoms with Crippen LogP contribution in [0.3, 0.4) is 0 Å². The molecule has 2 N–H and O–H groups in total. The fourth-order valence-electron chi connectivity index (χ4n) is 3.17. The second kappa shape index (κ2) is 4.77. The summed E-state index contributed by atoms with van der Waals surface area (Å²) in [6, 6.07) is 0.522. The molecule has 17 heavy (non-hydrogen) atoms. The van der Waals surface area contributed by atoms with E-state index in [4.69, 9.17) is 12.2 Å². The van der Waals surface area contributed by atoms with Gasteiger partial charge in [-0.05, 0) is 62.6 Å². The second-order valence-corrected chi connectivity index (χ2v) is 5.77. The number of nitrogens with zero attached hydrogens (tertiary/aromatic N) is 1. The molecule has 0 heterocycles. The highest BCUT2D eigenvalue weighted by atomic mass is 32.1. The van der Waals surface area contributed by atoms with Gasteiger partial charge in [-0.3, -0.25) is 5.43 Å². The molecule has 3 rings (SSSR count).